The predicted molar refractivity (Wildman–Crippen MR) is 190 cm³/mol. The Morgan fingerprint density at radius 1 is 0.935 bits per heavy atom. The van der Waals surface area contributed by atoms with Gasteiger partial charge in [-0.1, -0.05) is 72.8 Å². The first-order valence-corrected chi connectivity index (χ1v) is 15.9. The second-order valence-corrected chi connectivity index (χ2v) is 12.9. The van der Waals surface area contributed by atoms with Gasteiger partial charge in [0, 0.05) is 42.8 Å². The van der Waals surface area contributed by atoms with Gasteiger partial charge in [-0.3, -0.25) is 0 Å². The standard InChI is InChI=1S/C38H46N6O2/c1-25-19-20-32-30(23-40-34(32)21-25)22-35(42-37(45)46-38(4,5)6)36(43-39-7)44(27(3)41-33-18-11-8-13-26(33)2)24-29-16-12-15-28-14-9-10-17-31(28)29/h8-21,23,27,35,39-41H,22,24H2,1-7H3,(H,42,45)/b43-36-/t27?,35-/m1/s1. The van der Waals surface area contributed by atoms with Crippen LogP contribution in [0.15, 0.2) is 96.2 Å². The number of hydrazone groups is 1. The maximum absolute atomic E-state index is 13.4. The highest BCUT2D eigenvalue weighted by Crippen LogP contribution is 2.26. The first-order chi connectivity index (χ1) is 22.0. The van der Waals surface area contributed by atoms with E-state index in [1.54, 1.807) is 7.05 Å². The molecule has 4 N–H and O–H groups in total. The molecule has 8 nitrogen and oxygen atoms in total. The Morgan fingerprint density at radius 2 is 1.67 bits per heavy atom. The summed E-state index contributed by atoms with van der Waals surface area (Å²) in [5.41, 5.74) is 9.03. The molecule has 4 aromatic carbocycles. The number of ether oxygens (including phenoxy) is 1. The number of aromatic amines is 1. The van der Waals surface area contributed by atoms with Crippen LogP contribution < -0.4 is 16.1 Å². The number of benzene rings is 4. The molecule has 2 atom stereocenters. The van der Waals surface area contributed by atoms with Gasteiger partial charge in [0.2, 0.25) is 0 Å². The van der Waals surface area contributed by atoms with Crippen LogP contribution in [0.3, 0.4) is 0 Å². The van der Waals surface area contributed by atoms with Crippen molar-refractivity contribution in [3.05, 3.63) is 113 Å². The lowest BCUT2D eigenvalue weighted by Crippen LogP contribution is -2.54. The monoisotopic (exact) mass is 618 g/mol. The fourth-order valence-corrected chi connectivity index (χ4v) is 5.87. The molecule has 0 aliphatic heterocycles. The number of nitrogens with one attached hydrogen (secondary N) is 4. The summed E-state index contributed by atoms with van der Waals surface area (Å²) < 4.78 is 5.78. The van der Waals surface area contributed by atoms with Crippen molar-refractivity contribution in [3.63, 3.8) is 0 Å². The van der Waals surface area contributed by atoms with Gasteiger partial charge in [0.05, 0.1) is 12.2 Å². The van der Waals surface area contributed by atoms with Crippen molar-refractivity contribution >= 4 is 39.3 Å². The minimum Gasteiger partial charge on any atom is -0.444 e. The van der Waals surface area contributed by atoms with Gasteiger partial charge in [0.15, 0.2) is 0 Å². The minimum atomic E-state index is -0.657. The lowest BCUT2D eigenvalue weighted by Gasteiger charge is -2.37. The molecular weight excluding hydrogens is 572 g/mol. The number of anilines is 1. The molecular formula is C38H46N6O2. The van der Waals surface area contributed by atoms with E-state index in [1.165, 1.54) is 16.3 Å². The Kier molecular flexibility index (Phi) is 9.85. The molecule has 46 heavy (non-hydrogen) atoms. The van der Waals surface area contributed by atoms with Crippen molar-refractivity contribution in [1.29, 1.82) is 0 Å². The van der Waals surface area contributed by atoms with Gasteiger partial charge in [-0.25, -0.2) is 4.79 Å². The van der Waals surface area contributed by atoms with Gasteiger partial charge >= 0.3 is 6.09 Å². The summed E-state index contributed by atoms with van der Waals surface area (Å²) in [5, 5.41) is 15.3. The highest BCUT2D eigenvalue weighted by atomic mass is 16.6. The first-order valence-electron chi connectivity index (χ1n) is 15.9. The fourth-order valence-electron chi connectivity index (χ4n) is 5.87. The quantitative estimate of drug-likeness (QED) is 0.0553. The van der Waals surface area contributed by atoms with Gasteiger partial charge in [0.1, 0.15) is 11.4 Å². The van der Waals surface area contributed by atoms with Crippen LogP contribution in [-0.2, 0) is 17.7 Å². The third-order valence-corrected chi connectivity index (χ3v) is 8.07. The van der Waals surface area contributed by atoms with Gasteiger partial charge in [-0.05, 0) is 86.7 Å². The number of carbonyl (C=O) groups is 1. The molecule has 0 spiro atoms. The number of H-pyrrole nitrogens is 1. The van der Waals surface area contributed by atoms with Crippen LogP contribution in [0.4, 0.5) is 10.5 Å². The molecule has 5 aromatic rings. The summed E-state index contributed by atoms with van der Waals surface area (Å²) in [6.07, 6.45) is 1.81. The van der Waals surface area contributed by atoms with E-state index in [9.17, 15) is 4.79 Å². The Labute approximate surface area is 272 Å². The van der Waals surface area contributed by atoms with Crippen molar-refractivity contribution in [3.8, 4) is 0 Å². The lowest BCUT2D eigenvalue weighted by atomic mass is 10.0. The fraction of sp³-hybridized carbons (Fsp3) is 0.316. The summed E-state index contributed by atoms with van der Waals surface area (Å²) in [4.78, 5) is 19.1. The highest BCUT2D eigenvalue weighted by Gasteiger charge is 2.31. The topological polar surface area (TPSA) is 93.8 Å². The number of fused-ring (bicyclic) bond motifs is 2. The van der Waals surface area contributed by atoms with Crippen molar-refractivity contribution in [2.45, 2.75) is 72.3 Å². The zero-order chi connectivity index (χ0) is 32.8. The molecule has 1 heterocycles. The van der Waals surface area contributed by atoms with Crippen LogP contribution >= 0.6 is 0 Å². The first kappa shape index (κ1) is 32.4. The van der Waals surface area contributed by atoms with E-state index >= 15 is 0 Å². The number of aromatic nitrogens is 1. The number of amides is 1. The molecule has 0 aliphatic carbocycles. The van der Waals surface area contributed by atoms with Crippen molar-refractivity contribution < 1.29 is 9.53 Å². The van der Waals surface area contributed by atoms with E-state index in [2.05, 4.69) is 120 Å². The third kappa shape index (κ3) is 7.80. The average molecular weight is 619 g/mol. The summed E-state index contributed by atoms with van der Waals surface area (Å²) in [7, 11) is 1.79. The predicted octanol–water partition coefficient (Wildman–Crippen LogP) is 7.87. The van der Waals surface area contributed by atoms with E-state index in [4.69, 9.17) is 9.84 Å². The van der Waals surface area contributed by atoms with E-state index < -0.39 is 17.7 Å². The third-order valence-electron chi connectivity index (χ3n) is 8.07. The molecule has 0 saturated heterocycles. The average Bonchev–Trinajstić information content (AvgIpc) is 3.40. The summed E-state index contributed by atoms with van der Waals surface area (Å²) in [6, 6.07) is 28.9. The number of carbonyl (C=O) groups excluding carboxylic acids is 1. The number of nitrogens with zero attached hydrogens (tertiary/aromatic N) is 2. The number of para-hydroxylation sites is 1. The van der Waals surface area contributed by atoms with E-state index in [-0.39, 0.29) is 6.17 Å². The lowest BCUT2D eigenvalue weighted by molar-refractivity contribution is 0.0514. The summed E-state index contributed by atoms with van der Waals surface area (Å²) in [5.74, 6) is 0.677. The summed E-state index contributed by atoms with van der Waals surface area (Å²) in [6.45, 7) is 12.5. The van der Waals surface area contributed by atoms with Crippen LogP contribution in [0.25, 0.3) is 21.7 Å². The van der Waals surface area contributed by atoms with Crippen LogP contribution in [0.1, 0.15) is 49.9 Å². The van der Waals surface area contributed by atoms with Gasteiger partial charge in [0.25, 0.3) is 0 Å². The number of aryl methyl sites for hydroxylation is 2. The maximum atomic E-state index is 13.4. The zero-order valence-corrected chi connectivity index (χ0v) is 27.9. The Morgan fingerprint density at radius 3 is 2.43 bits per heavy atom. The van der Waals surface area contributed by atoms with Gasteiger partial charge < -0.3 is 30.7 Å². The Bertz CT molecular complexity index is 1830. The molecule has 0 saturated carbocycles. The zero-order valence-electron chi connectivity index (χ0n) is 27.9. The molecule has 0 aliphatic rings. The molecule has 8 heteroatoms. The van der Waals surface area contributed by atoms with Crippen LogP contribution in [0.5, 0.6) is 0 Å². The Balaban J connectivity index is 1.60. The van der Waals surface area contributed by atoms with Crippen molar-refractivity contribution in [2.24, 2.45) is 5.10 Å². The number of hydrogen-bond donors (Lipinski definition) is 4. The summed E-state index contributed by atoms with van der Waals surface area (Å²) >= 11 is 0. The molecule has 0 radical (unpaired) electrons. The number of amidine groups is 1. The van der Waals surface area contributed by atoms with Crippen LogP contribution in [-0.4, -0.2) is 46.7 Å². The number of rotatable bonds is 10. The molecule has 240 valence electrons. The largest absolute Gasteiger partial charge is 0.444 e. The highest BCUT2D eigenvalue weighted by molar-refractivity contribution is 5.93. The SMILES string of the molecule is CN/N=C(/[C@@H](Cc1c[nH]c2cc(C)ccc12)NC(=O)OC(C)(C)C)N(Cc1cccc2ccccc12)C(C)Nc1ccccc1C. The normalized spacial score (nSPS) is 13.3. The number of hydrogen-bond acceptors (Lipinski definition) is 5. The Hall–Kier alpha value is -4.98. The van der Waals surface area contributed by atoms with Gasteiger partial charge in [-0.15, -0.1) is 0 Å². The smallest absolute Gasteiger partial charge is 0.408 e. The number of alkyl carbamates (subject to hydrolysis) is 1. The van der Waals surface area contributed by atoms with E-state index in [0.29, 0.717) is 18.8 Å². The van der Waals surface area contributed by atoms with E-state index in [0.717, 1.165) is 33.3 Å². The van der Waals surface area contributed by atoms with Crippen LogP contribution in [0, 0.1) is 13.8 Å². The van der Waals surface area contributed by atoms with Crippen molar-refractivity contribution in [2.75, 3.05) is 12.4 Å². The van der Waals surface area contributed by atoms with Crippen molar-refractivity contribution in [1.82, 2.24) is 20.6 Å². The minimum absolute atomic E-state index is 0.208. The molecule has 5 rings (SSSR count). The van der Waals surface area contributed by atoms with Gasteiger partial charge in [-0.2, -0.15) is 5.10 Å². The molecule has 1 aromatic heterocycles. The van der Waals surface area contributed by atoms with Crippen LogP contribution in [0.2, 0.25) is 0 Å². The second kappa shape index (κ2) is 14.0. The molecule has 0 bridgehead atoms. The molecule has 1 amide bonds. The molecule has 1 unspecified atom stereocenters. The second-order valence-electron chi connectivity index (χ2n) is 12.9. The maximum Gasteiger partial charge on any atom is 0.408 e. The van der Waals surface area contributed by atoms with E-state index in [1.807, 2.05) is 39.1 Å². The molecule has 0 fully saturated rings.